The number of aryl methyl sites for hydroxylation is 1. The highest BCUT2D eigenvalue weighted by atomic mass is 32.1. The van der Waals surface area contributed by atoms with Gasteiger partial charge in [0.05, 0.1) is 11.3 Å². The van der Waals surface area contributed by atoms with Crippen molar-refractivity contribution in [2.75, 3.05) is 0 Å². The van der Waals surface area contributed by atoms with E-state index in [9.17, 15) is 4.79 Å². The highest BCUT2D eigenvalue weighted by molar-refractivity contribution is 7.13. The molecule has 0 bridgehead atoms. The summed E-state index contributed by atoms with van der Waals surface area (Å²) in [6.45, 7) is 5.98. The van der Waals surface area contributed by atoms with Gasteiger partial charge in [-0.25, -0.2) is 9.78 Å². The standard InChI is InChI=1S/C11H13N3O2S/c1-6(2)14-4-8(7(3)13-14)10-12-9(5-17-10)11(15)16/h4-6H,1-3H3,(H,15,16). The number of nitrogens with zero attached hydrogens (tertiary/aromatic N) is 3. The second kappa shape index (κ2) is 4.29. The molecule has 0 spiro atoms. The summed E-state index contributed by atoms with van der Waals surface area (Å²) in [7, 11) is 0. The van der Waals surface area contributed by atoms with Gasteiger partial charge in [0.2, 0.25) is 0 Å². The van der Waals surface area contributed by atoms with E-state index in [1.54, 1.807) is 5.38 Å². The molecule has 0 saturated heterocycles. The predicted octanol–water partition coefficient (Wildman–Crippen LogP) is 2.59. The maximum absolute atomic E-state index is 10.8. The number of thiazole rings is 1. The van der Waals surface area contributed by atoms with E-state index in [1.807, 2.05) is 31.6 Å². The summed E-state index contributed by atoms with van der Waals surface area (Å²) in [5.74, 6) is -0.999. The molecule has 0 aliphatic carbocycles. The van der Waals surface area contributed by atoms with Crippen molar-refractivity contribution in [1.29, 1.82) is 0 Å². The van der Waals surface area contributed by atoms with Gasteiger partial charge in [-0.05, 0) is 20.8 Å². The lowest BCUT2D eigenvalue weighted by molar-refractivity contribution is 0.0691. The molecule has 0 atom stereocenters. The molecular weight excluding hydrogens is 238 g/mol. The van der Waals surface area contributed by atoms with Gasteiger partial charge in [-0.2, -0.15) is 5.10 Å². The van der Waals surface area contributed by atoms with Gasteiger partial charge in [0.25, 0.3) is 0 Å². The van der Waals surface area contributed by atoms with Crippen LogP contribution in [0.1, 0.15) is 36.1 Å². The smallest absolute Gasteiger partial charge is 0.355 e. The van der Waals surface area contributed by atoms with Crippen LogP contribution in [0.4, 0.5) is 0 Å². The Labute approximate surface area is 103 Å². The monoisotopic (exact) mass is 251 g/mol. The summed E-state index contributed by atoms with van der Waals surface area (Å²) in [6.07, 6.45) is 1.91. The molecule has 1 N–H and O–H groups in total. The van der Waals surface area contributed by atoms with E-state index in [0.29, 0.717) is 5.01 Å². The molecule has 90 valence electrons. The van der Waals surface area contributed by atoms with Crippen LogP contribution in [0, 0.1) is 6.92 Å². The third kappa shape index (κ3) is 2.21. The van der Waals surface area contributed by atoms with Crippen LogP contribution in [-0.2, 0) is 0 Å². The van der Waals surface area contributed by atoms with E-state index in [1.165, 1.54) is 11.3 Å². The first kappa shape index (κ1) is 11.8. The van der Waals surface area contributed by atoms with E-state index in [0.717, 1.165) is 11.3 Å². The predicted molar refractivity (Wildman–Crippen MR) is 65.4 cm³/mol. The zero-order chi connectivity index (χ0) is 12.6. The van der Waals surface area contributed by atoms with Gasteiger partial charge in [-0.1, -0.05) is 0 Å². The van der Waals surface area contributed by atoms with Crippen molar-refractivity contribution in [1.82, 2.24) is 14.8 Å². The maximum Gasteiger partial charge on any atom is 0.355 e. The highest BCUT2D eigenvalue weighted by Crippen LogP contribution is 2.27. The Morgan fingerprint density at radius 2 is 2.24 bits per heavy atom. The Morgan fingerprint density at radius 3 is 2.71 bits per heavy atom. The average molecular weight is 251 g/mol. The van der Waals surface area contributed by atoms with Crippen LogP contribution in [0.2, 0.25) is 0 Å². The topological polar surface area (TPSA) is 68.0 Å². The van der Waals surface area contributed by atoms with Crippen molar-refractivity contribution < 1.29 is 9.90 Å². The first-order valence-corrected chi connectivity index (χ1v) is 6.12. The van der Waals surface area contributed by atoms with Crippen molar-refractivity contribution in [3.63, 3.8) is 0 Å². The number of carbonyl (C=O) groups is 1. The third-order valence-electron chi connectivity index (χ3n) is 2.40. The fourth-order valence-corrected chi connectivity index (χ4v) is 2.31. The van der Waals surface area contributed by atoms with Crippen molar-refractivity contribution in [2.45, 2.75) is 26.8 Å². The molecule has 2 rings (SSSR count). The van der Waals surface area contributed by atoms with Crippen LogP contribution in [0.3, 0.4) is 0 Å². The van der Waals surface area contributed by atoms with E-state index >= 15 is 0 Å². The minimum Gasteiger partial charge on any atom is -0.476 e. The Kier molecular flexibility index (Phi) is 2.97. The number of aromatic carboxylic acids is 1. The molecule has 0 amide bonds. The van der Waals surface area contributed by atoms with Crippen LogP contribution in [-0.4, -0.2) is 25.8 Å². The normalized spacial score (nSPS) is 11.1. The number of aromatic nitrogens is 3. The zero-order valence-electron chi connectivity index (χ0n) is 9.84. The molecule has 0 radical (unpaired) electrons. The average Bonchev–Trinajstić information content (AvgIpc) is 2.83. The first-order chi connectivity index (χ1) is 7.99. The third-order valence-corrected chi connectivity index (χ3v) is 3.27. The van der Waals surface area contributed by atoms with Gasteiger partial charge in [0.1, 0.15) is 5.01 Å². The summed E-state index contributed by atoms with van der Waals surface area (Å²) < 4.78 is 1.85. The number of hydrogen-bond donors (Lipinski definition) is 1. The van der Waals surface area contributed by atoms with E-state index in [-0.39, 0.29) is 11.7 Å². The van der Waals surface area contributed by atoms with Gasteiger partial charge in [-0.3, -0.25) is 4.68 Å². The molecule has 5 nitrogen and oxygen atoms in total. The Bertz CT molecular complexity index is 557. The van der Waals surface area contributed by atoms with Crippen LogP contribution in [0.5, 0.6) is 0 Å². The lowest BCUT2D eigenvalue weighted by Gasteiger charge is -2.02. The Morgan fingerprint density at radius 1 is 1.53 bits per heavy atom. The summed E-state index contributed by atoms with van der Waals surface area (Å²) >= 11 is 1.32. The molecule has 0 aliphatic rings. The van der Waals surface area contributed by atoms with E-state index in [4.69, 9.17) is 5.11 Å². The van der Waals surface area contributed by atoms with Gasteiger partial charge in [-0.15, -0.1) is 11.3 Å². The molecule has 0 fully saturated rings. The minimum absolute atomic E-state index is 0.0849. The first-order valence-electron chi connectivity index (χ1n) is 5.24. The van der Waals surface area contributed by atoms with Gasteiger partial charge >= 0.3 is 5.97 Å². The van der Waals surface area contributed by atoms with Gasteiger partial charge in [0, 0.05) is 17.6 Å². The minimum atomic E-state index is -0.999. The summed E-state index contributed by atoms with van der Waals surface area (Å²) in [4.78, 5) is 14.8. The lowest BCUT2D eigenvalue weighted by atomic mass is 10.3. The Hall–Kier alpha value is -1.69. The second-order valence-electron chi connectivity index (χ2n) is 4.04. The quantitative estimate of drug-likeness (QED) is 0.910. The van der Waals surface area contributed by atoms with E-state index in [2.05, 4.69) is 10.1 Å². The molecule has 0 aromatic carbocycles. The maximum atomic E-state index is 10.8. The largest absolute Gasteiger partial charge is 0.476 e. The molecule has 2 aromatic heterocycles. The van der Waals surface area contributed by atoms with Crippen LogP contribution in [0.15, 0.2) is 11.6 Å². The molecule has 6 heteroatoms. The van der Waals surface area contributed by atoms with Gasteiger partial charge < -0.3 is 5.11 Å². The lowest BCUT2D eigenvalue weighted by Crippen LogP contribution is -2.00. The van der Waals surface area contributed by atoms with Crippen molar-refractivity contribution in [3.05, 3.63) is 23.0 Å². The zero-order valence-corrected chi connectivity index (χ0v) is 10.7. The summed E-state index contributed by atoms with van der Waals surface area (Å²) in [5, 5.41) is 15.5. The molecule has 17 heavy (non-hydrogen) atoms. The fraction of sp³-hybridized carbons (Fsp3) is 0.364. The van der Waals surface area contributed by atoms with Crippen LogP contribution < -0.4 is 0 Å². The SMILES string of the molecule is Cc1nn(C(C)C)cc1-c1nc(C(=O)O)cs1. The molecule has 2 heterocycles. The van der Waals surface area contributed by atoms with Crippen molar-refractivity contribution in [3.8, 4) is 10.6 Å². The van der Waals surface area contributed by atoms with Crippen molar-refractivity contribution >= 4 is 17.3 Å². The second-order valence-corrected chi connectivity index (χ2v) is 4.90. The molecule has 0 unspecified atom stereocenters. The van der Waals surface area contributed by atoms with Crippen LogP contribution in [0.25, 0.3) is 10.6 Å². The number of rotatable bonds is 3. The van der Waals surface area contributed by atoms with Crippen molar-refractivity contribution in [2.24, 2.45) is 0 Å². The van der Waals surface area contributed by atoms with Gasteiger partial charge in [0.15, 0.2) is 5.69 Å². The molecule has 0 aliphatic heterocycles. The van der Waals surface area contributed by atoms with Crippen LogP contribution >= 0.6 is 11.3 Å². The molecule has 2 aromatic rings. The van der Waals surface area contributed by atoms with E-state index < -0.39 is 5.97 Å². The molecule has 0 saturated carbocycles. The number of carboxylic acid groups (broad SMARTS) is 1. The highest BCUT2D eigenvalue weighted by Gasteiger charge is 2.15. The summed E-state index contributed by atoms with van der Waals surface area (Å²) in [6, 6.07) is 0.279. The summed E-state index contributed by atoms with van der Waals surface area (Å²) in [5.41, 5.74) is 1.85. The number of carboxylic acids is 1. The number of hydrogen-bond acceptors (Lipinski definition) is 4. The fourth-order valence-electron chi connectivity index (χ4n) is 1.45. The Balaban J connectivity index is 2.41. The molecular formula is C11H13N3O2S.